The van der Waals surface area contributed by atoms with Gasteiger partial charge in [-0.2, -0.15) is 0 Å². The predicted octanol–water partition coefficient (Wildman–Crippen LogP) is 3.75. The summed E-state index contributed by atoms with van der Waals surface area (Å²) in [6.45, 7) is 6.00. The van der Waals surface area contributed by atoms with Crippen LogP contribution in [0.3, 0.4) is 0 Å². The van der Waals surface area contributed by atoms with Crippen molar-refractivity contribution in [1.29, 1.82) is 0 Å². The number of alkyl carbamates (subject to hydrolysis) is 1. The fourth-order valence-corrected chi connectivity index (χ4v) is 5.51. The van der Waals surface area contributed by atoms with Crippen molar-refractivity contribution in [3.8, 4) is 0 Å². The Labute approximate surface area is 201 Å². The molecule has 1 saturated heterocycles. The highest BCUT2D eigenvalue weighted by Crippen LogP contribution is 2.35. The highest BCUT2D eigenvalue weighted by Gasteiger charge is 2.40. The molecule has 1 aliphatic carbocycles. The Morgan fingerprint density at radius 2 is 1.65 bits per heavy atom. The Morgan fingerprint density at radius 3 is 2.29 bits per heavy atom. The van der Waals surface area contributed by atoms with Gasteiger partial charge >= 0.3 is 6.09 Å². The molecule has 3 atom stereocenters. The van der Waals surface area contributed by atoms with Crippen LogP contribution >= 0.6 is 0 Å². The molecule has 0 spiro atoms. The molecule has 4 amide bonds. The number of ether oxygens (including phenoxy) is 1. The largest absolute Gasteiger partial charge is 0.444 e. The van der Waals surface area contributed by atoms with Gasteiger partial charge in [0.25, 0.3) is 11.8 Å². The molecule has 0 aromatic heterocycles. The van der Waals surface area contributed by atoms with E-state index >= 15 is 0 Å². The maximum Gasteiger partial charge on any atom is 0.408 e. The molecule has 3 aliphatic rings. The first-order valence-electron chi connectivity index (χ1n) is 12.4. The number of fused-ring (bicyclic) bond motifs is 2. The molecule has 2 fully saturated rings. The maximum atomic E-state index is 13.7. The topological polar surface area (TPSA) is 96.0 Å². The number of benzene rings is 1. The number of hydrogen-bond donors (Lipinski definition) is 1. The van der Waals surface area contributed by atoms with Crippen LogP contribution in [0, 0.1) is 5.92 Å². The number of likely N-dealkylation sites (tertiary alicyclic amines) is 1. The summed E-state index contributed by atoms with van der Waals surface area (Å²) in [6, 6.07) is 6.03. The Morgan fingerprint density at radius 1 is 1.03 bits per heavy atom. The van der Waals surface area contributed by atoms with Crippen molar-refractivity contribution < 1.29 is 23.9 Å². The van der Waals surface area contributed by atoms with Gasteiger partial charge in [-0.15, -0.1) is 0 Å². The fourth-order valence-electron chi connectivity index (χ4n) is 5.51. The molecule has 0 unspecified atom stereocenters. The van der Waals surface area contributed by atoms with Crippen molar-refractivity contribution in [2.24, 2.45) is 5.92 Å². The van der Waals surface area contributed by atoms with Gasteiger partial charge in [-0.1, -0.05) is 25.0 Å². The summed E-state index contributed by atoms with van der Waals surface area (Å²) in [5, 5.41) is 2.74. The molecule has 2 heterocycles. The van der Waals surface area contributed by atoms with Gasteiger partial charge in [-0.05, 0) is 70.9 Å². The summed E-state index contributed by atoms with van der Waals surface area (Å²) in [5.74, 6) is -0.382. The first-order valence-corrected chi connectivity index (χ1v) is 12.4. The van der Waals surface area contributed by atoms with Crippen molar-refractivity contribution in [2.45, 2.75) is 83.4 Å². The summed E-state index contributed by atoms with van der Waals surface area (Å²) in [6.07, 6.45) is 5.95. The molecule has 0 radical (unpaired) electrons. The maximum absolute atomic E-state index is 13.7. The van der Waals surface area contributed by atoms with E-state index in [4.69, 9.17) is 4.74 Å². The molecule has 8 nitrogen and oxygen atoms in total. The van der Waals surface area contributed by atoms with E-state index in [1.54, 1.807) is 45.0 Å². The molecular weight excluding hydrogens is 434 g/mol. The number of nitrogens with zero attached hydrogens (tertiary/aromatic N) is 2. The minimum absolute atomic E-state index is 0.0421. The summed E-state index contributed by atoms with van der Waals surface area (Å²) in [7, 11) is 0. The van der Waals surface area contributed by atoms with Crippen molar-refractivity contribution in [2.75, 3.05) is 13.1 Å². The average molecular weight is 470 g/mol. The average Bonchev–Trinajstić information content (AvgIpc) is 3.04. The van der Waals surface area contributed by atoms with Crippen molar-refractivity contribution >= 4 is 23.8 Å². The molecule has 1 N–H and O–H groups in total. The van der Waals surface area contributed by atoms with Crippen LogP contribution in [0.5, 0.6) is 0 Å². The Hall–Kier alpha value is -2.90. The lowest BCUT2D eigenvalue weighted by molar-refractivity contribution is -0.140. The smallest absolute Gasteiger partial charge is 0.408 e. The molecule has 34 heavy (non-hydrogen) atoms. The SMILES string of the molecule is CC(C)(C)OC(=O)N[C@H](CCN1C(=O)c2ccccc2C1=O)C(=O)N1CCC[C@H]2CCCC[C@@H]21. The molecule has 1 aromatic carbocycles. The zero-order valence-electron chi connectivity index (χ0n) is 20.3. The molecular formula is C26H35N3O5. The quantitative estimate of drug-likeness (QED) is 0.663. The van der Waals surface area contributed by atoms with E-state index < -0.39 is 17.7 Å². The van der Waals surface area contributed by atoms with Gasteiger partial charge in [-0.3, -0.25) is 19.3 Å². The van der Waals surface area contributed by atoms with Crippen LogP contribution in [0.4, 0.5) is 4.79 Å². The van der Waals surface area contributed by atoms with E-state index in [1.807, 2.05) is 4.90 Å². The third-order valence-electron chi connectivity index (χ3n) is 7.03. The summed E-state index contributed by atoms with van der Waals surface area (Å²) in [5.41, 5.74) is 0.0351. The molecule has 1 aromatic rings. The first-order chi connectivity index (χ1) is 16.2. The van der Waals surface area contributed by atoms with Gasteiger partial charge in [0.15, 0.2) is 0 Å². The van der Waals surface area contributed by atoms with Crippen LogP contribution in [0.2, 0.25) is 0 Å². The van der Waals surface area contributed by atoms with Gasteiger partial charge < -0.3 is 15.0 Å². The van der Waals surface area contributed by atoms with Crippen molar-refractivity contribution in [3.05, 3.63) is 35.4 Å². The number of amides is 4. The van der Waals surface area contributed by atoms with E-state index in [9.17, 15) is 19.2 Å². The van der Waals surface area contributed by atoms with E-state index in [-0.39, 0.29) is 36.7 Å². The number of carbonyl (C=O) groups is 4. The number of nitrogens with one attached hydrogen (secondary N) is 1. The van der Waals surface area contributed by atoms with Crippen molar-refractivity contribution in [1.82, 2.24) is 15.1 Å². The number of rotatable bonds is 5. The lowest BCUT2D eigenvalue weighted by Gasteiger charge is -2.45. The molecule has 2 aliphatic heterocycles. The monoisotopic (exact) mass is 469 g/mol. The lowest BCUT2D eigenvalue weighted by atomic mass is 9.78. The van der Waals surface area contributed by atoms with E-state index in [2.05, 4.69) is 5.32 Å². The molecule has 4 rings (SSSR count). The van der Waals surface area contributed by atoms with Gasteiger partial charge in [0.1, 0.15) is 11.6 Å². The Kier molecular flexibility index (Phi) is 6.96. The molecule has 8 heteroatoms. The Bertz CT molecular complexity index is 932. The summed E-state index contributed by atoms with van der Waals surface area (Å²) >= 11 is 0. The van der Waals surface area contributed by atoms with E-state index in [0.29, 0.717) is 23.6 Å². The standard InChI is InChI=1S/C26H35N3O5/c1-26(2,3)34-25(33)27-20(24(32)28-15-8-10-17-9-4-7-13-21(17)28)14-16-29-22(30)18-11-5-6-12-19(18)23(29)31/h5-6,11-12,17,20-21H,4,7-10,13-16H2,1-3H3,(H,27,33)/t17-,20-,21+/m1/s1. The van der Waals surface area contributed by atoms with Crippen LogP contribution in [0.1, 0.15) is 86.4 Å². The third kappa shape index (κ3) is 5.10. The van der Waals surface area contributed by atoms with Gasteiger partial charge in [0.2, 0.25) is 5.91 Å². The fraction of sp³-hybridized carbons (Fsp3) is 0.615. The second-order valence-corrected chi connectivity index (χ2v) is 10.6. The normalized spacial score (nSPS) is 23.3. The van der Waals surface area contributed by atoms with Crippen LogP contribution < -0.4 is 5.32 Å². The lowest BCUT2D eigenvalue weighted by Crippen LogP contribution is -2.57. The second-order valence-electron chi connectivity index (χ2n) is 10.6. The van der Waals surface area contributed by atoms with Crippen LogP contribution in [0.15, 0.2) is 24.3 Å². The van der Waals surface area contributed by atoms with Gasteiger partial charge in [0.05, 0.1) is 11.1 Å². The van der Waals surface area contributed by atoms with Crippen LogP contribution in [-0.4, -0.2) is 64.4 Å². The second kappa shape index (κ2) is 9.76. The third-order valence-corrected chi connectivity index (χ3v) is 7.03. The van der Waals surface area contributed by atoms with Gasteiger partial charge in [0, 0.05) is 19.1 Å². The zero-order valence-corrected chi connectivity index (χ0v) is 20.3. The van der Waals surface area contributed by atoms with Gasteiger partial charge in [-0.25, -0.2) is 4.79 Å². The first kappa shape index (κ1) is 24.2. The van der Waals surface area contributed by atoms with Crippen LogP contribution in [0.25, 0.3) is 0 Å². The van der Waals surface area contributed by atoms with E-state index in [0.717, 1.165) is 32.1 Å². The zero-order chi connectivity index (χ0) is 24.5. The minimum Gasteiger partial charge on any atom is -0.444 e. The Balaban J connectivity index is 1.50. The van der Waals surface area contributed by atoms with Crippen molar-refractivity contribution in [3.63, 3.8) is 0 Å². The minimum atomic E-state index is -0.875. The predicted molar refractivity (Wildman–Crippen MR) is 126 cm³/mol. The highest BCUT2D eigenvalue weighted by atomic mass is 16.6. The molecule has 0 bridgehead atoms. The molecule has 184 valence electrons. The molecule has 1 saturated carbocycles. The number of carbonyl (C=O) groups excluding carboxylic acids is 4. The number of hydrogen-bond acceptors (Lipinski definition) is 5. The number of piperidine rings is 1. The number of imide groups is 1. The summed E-state index contributed by atoms with van der Waals surface area (Å²) < 4.78 is 5.41. The van der Waals surface area contributed by atoms with Crippen LogP contribution in [-0.2, 0) is 9.53 Å². The highest BCUT2D eigenvalue weighted by molar-refractivity contribution is 6.21. The van der Waals surface area contributed by atoms with E-state index in [1.165, 1.54) is 11.3 Å². The summed E-state index contributed by atoms with van der Waals surface area (Å²) in [4.78, 5) is 55.0.